The normalized spacial score (nSPS) is 10.3. The number of halogens is 1. The van der Waals surface area contributed by atoms with Gasteiger partial charge in [0.15, 0.2) is 12.4 Å². The number of nitrogens with one attached hydrogen (secondary N) is 1. The highest BCUT2D eigenvalue weighted by Gasteiger charge is 2.10. The SMILES string of the molecule is CNC(=O)N(C)CCc1noc(COc2ccc(Cl)cc2)n1. The van der Waals surface area contributed by atoms with Crippen molar-refractivity contribution < 1.29 is 14.1 Å². The summed E-state index contributed by atoms with van der Waals surface area (Å²) in [5.41, 5.74) is 0. The fraction of sp³-hybridized carbons (Fsp3) is 0.357. The maximum atomic E-state index is 11.3. The van der Waals surface area contributed by atoms with Crippen LogP contribution in [0.5, 0.6) is 5.75 Å². The molecule has 0 aliphatic rings. The van der Waals surface area contributed by atoms with Crippen LogP contribution in [0.4, 0.5) is 4.79 Å². The van der Waals surface area contributed by atoms with Gasteiger partial charge in [-0.3, -0.25) is 0 Å². The third kappa shape index (κ3) is 4.63. The molecule has 0 atom stereocenters. The van der Waals surface area contributed by atoms with Crippen LogP contribution in [0.1, 0.15) is 11.7 Å². The average Bonchev–Trinajstić information content (AvgIpc) is 2.99. The molecule has 0 spiro atoms. The summed E-state index contributed by atoms with van der Waals surface area (Å²) in [5.74, 6) is 1.58. The number of ether oxygens (including phenoxy) is 1. The van der Waals surface area contributed by atoms with E-state index in [9.17, 15) is 4.79 Å². The van der Waals surface area contributed by atoms with Crippen molar-refractivity contribution in [2.45, 2.75) is 13.0 Å². The largest absolute Gasteiger partial charge is 0.484 e. The second-order valence-electron chi connectivity index (χ2n) is 4.57. The molecule has 0 saturated carbocycles. The van der Waals surface area contributed by atoms with Gasteiger partial charge < -0.3 is 19.5 Å². The number of nitrogens with zero attached hydrogens (tertiary/aromatic N) is 3. The molecule has 1 aromatic heterocycles. The summed E-state index contributed by atoms with van der Waals surface area (Å²) >= 11 is 5.80. The zero-order chi connectivity index (χ0) is 15.9. The fourth-order valence-corrected chi connectivity index (χ4v) is 1.81. The van der Waals surface area contributed by atoms with Crippen LogP contribution in [0.25, 0.3) is 0 Å². The Morgan fingerprint density at radius 3 is 2.82 bits per heavy atom. The number of amides is 2. The molecule has 0 bridgehead atoms. The summed E-state index contributed by atoms with van der Waals surface area (Å²) in [6.45, 7) is 0.677. The summed E-state index contributed by atoms with van der Waals surface area (Å²) in [4.78, 5) is 17.1. The molecule has 22 heavy (non-hydrogen) atoms. The third-order valence-corrected chi connectivity index (χ3v) is 3.17. The number of rotatable bonds is 6. The van der Waals surface area contributed by atoms with Crippen molar-refractivity contribution in [3.63, 3.8) is 0 Å². The maximum Gasteiger partial charge on any atom is 0.316 e. The van der Waals surface area contributed by atoms with E-state index in [-0.39, 0.29) is 12.6 Å². The zero-order valence-electron chi connectivity index (χ0n) is 12.4. The summed E-state index contributed by atoms with van der Waals surface area (Å²) in [6.07, 6.45) is 0.508. The summed E-state index contributed by atoms with van der Waals surface area (Å²) in [7, 11) is 3.28. The molecule has 0 fully saturated rings. The monoisotopic (exact) mass is 324 g/mol. The van der Waals surface area contributed by atoms with Crippen molar-refractivity contribution in [3.8, 4) is 5.75 Å². The average molecular weight is 325 g/mol. The van der Waals surface area contributed by atoms with Crippen molar-refractivity contribution in [1.82, 2.24) is 20.4 Å². The predicted molar refractivity (Wildman–Crippen MR) is 80.9 cm³/mol. The Balaban J connectivity index is 1.81. The Bertz CT molecular complexity index is 615. The molecule has 0 saturated heterocycles. The Morgan fingerprint density at radius 2 is 2.14 bits per heavy atom. The second-order valence-corrected chi connectivity index (χ2v) is 5.01. The molecule has 0 aliphatic heterocycles. The van der Waals surface area contributed by atoms with Crippen LogP contribution in [-0.2, 0) is 13.0 Å². The first-order chi connectivity index (χ1) is 10.6. The Hall–Kier alpha value is -2.28. The van der Waals surface area contributed by atoms with Crippen LogP contribution in [0.3, 0.4) is 0 Å². The van der Waals surface area contributed by atoms with Crippen LogP contribution >= 0.6 is 11.6 Å². The molecule has 118 valence electrons. The maximum absolute atomic E-state index is 11.3. The van der Waals surface area contributed by atoms with Gasteiger partial charge in [-0.05, 0) is 24.3 Å². The number of urea groups is 1. The van der Waals surface area contributed by atoms with Gasteiger partial charge in [0.1, 0.15) is 5.75 Å². The van der Waals surface area contributed by atoms with Crippen LogP contribution in [0.15, 0.2) is 28.8 Å². The van der Waals surface area contributed by atoms with E-state index in [0.717, 1.165) is 0 Å². The van der Waals surface area contributed by atoms with Gasteiger partial charge in [0.2, 0.25) is 0 Å². The van der Waals surface area contributed by atoms with Gasteiger partial charge >= 0.3 is 6.03 Å². The first-order valence-corrected chi connectivity index (χ1v) is 7.09. The van der Waals surface area contributed by atoms with Crippen molar-refractivity contribution in [2.75, 3.05) is 20.6 Å². The number of hydrogen-bond donors (Lipinski definition) is 1. The smallest absolute Gasteiger partial charge is 0.316 e. The minimum atomic E-state index is -0.158. The topological polar surface area (TPSA) is 80.5 Å². The highest BCUT2D eigenvalue weighted by molar-refractivity contribution is 6.30. The fourth-order valence-electron chi connectivity index (χ4n) is 1.69. The van der Waals surface area contributed by atoms with Crippen LogP contribution in [0.2, 0.25) is 5.02 Å². The van der Waals surface area contributed by atoms with E-state index < -0.39 is 0 Å². The number of likely N-dealkylation sites (N-methyl/N-ethyl adjacent to an activating group) is 1. The molecular weight excluding hydrogens is 308 g/mol. The lowest BCUT2D eigenvalue weighted by Gasteiger charge is -2.14. The lowest BCUT2D eigenvalue weighted by molar-refractivity contribution is 0.211. The van der Waals surface area contributed by atoms with Crippen molar-refractivity contribution in [1.29, 1.82) is 0 Å². The number of carbonyl (C=O) groups excluding carboxylic acids is 1. The number of aromatic nitrogens is 2. The molecule has 0 aliphatic carbocycles. The van der Waals surface area contributed by atoms with E-state index >= 15 is 0 Å². The highest BCUT2D eigenvalue weighted by atomic mass is 35.5. The quantitative estimate of drug-likeness (QED) is 0.880. The number of hydrogen-bond acceptors (Lipinski definition) is 5. The second kappa shape index (κ2) is 7.65. The van der Waals surface area contributed by atoms with Crippen molar-refractivity contribution in [2.24, 2.45) is 0 Å². The van der Waals surface area contributed by atoms with Gasteiger partial charge in [-0.25, -0.2) is 4.79 Å². The van der Waals surface area contributed by atoms with E-state index in [1.165, 1.54) is 0 Å². The molecule has 0 radical (unpaired) electrons. The van der Waals surface area contributed by atoms with E-state index in [4.69, 9.17) is 20.9 Å². The predicted octanol–water partition coefficient (Wildman–Crippen LogP) is 2.12. The van der Waals surface area contributed by atoms with Gasteiger partial charge in [-0.15, -0.1) is 0 Å². The first-order valence-electron chi connectivity index (χ1n) is 6.71. The summed E-state index contributed by atoms with van der Waals surface area (Å²) < 4.78 is 10.6. The lowest BCUT2D eigenvalue weighted by Crippen LogP contribution is -2.36. The van der Waals surface area contributed by atoms with Gasteiger partial charge in [0, 0.05) is 32.1 Å². The zero-order valence-corrected chi connectivity index (χ0v) is 13.1. The minimum absolute atomic E-state index is 0.158. The van der Waals surface area contributed by atoms with Gasteiger partial charge in [-0.1, -0.05) is 16.8 Å². The van der Waals surface area contributed by atoms with E-state index in [2.05, 4.69) is 15.5 Å². The Kier molecular flexibility index (Phi) is 5.60. The summed E-state index contributed by atoms with van der Waals surface area (Å²) in [6, 6.07) is 6.85. The van der Waals surface area contributed by atoms with Crippen molar-refractivity contribution >= 4 is 17.6 Å². The van der Waals surface area contributed by atoms with E-state index in [1.54, 1.807) is 43.3 Å². The van der Waals surface area contributed by atoms with E-state index in [0.29, 0.717) is 35.5 Å². The molecular formula is C14H17ClN4O3. The first kappa shape index (κ1) is 16.1. The molecule has 7 nitrogen and oxygen atoms in total. The molecule has 2 amide bonds. The van der Waals surface area contributed by atoms with Gasteiger partial charge in [-0.2, -0.15) is 4.98 Å². The number of carbonyl (C=O) groups is 1. The Morgan fingerprint density at radius 1 is 1.41 bits per heavy atom. The van der Waals surface area contributed by atoms with E-state index in [1.807, 2.05) is 0 Å². The highest BCUT2D eigenvalue weighted by Crippen LogP contribution is 2.16. The molecule has 8 heteroatoms. The molecule has 2 rings (SSSR count). The Labute approximate surface area is 133 Å². The van der Waals surface area contributed by atoms with Crippen molar-refractivity contribution in [3.05, 3.63) is 41.0 Å². The molecule has 0 unspecified atom stereocenters. The minimum Gasteiger partial charge on any atom is -0.484 e. The lowest BCUT2D eigenvalue weighted by atomic mass is 10.3. The van der Waals surface area contributed by atoms with Crippen LogP contribution in [-0.4, -0.2) is 41.7 Å². The van der Waals surface area contributed by atoms with Gasteiger partial charge in [0.25, 0.3) is 5.89 Å². The molecule has 2 aromatic rings. The standard InChI is InChI=1S/C14H17ClN4O3/c1-16-14(20)19(2)8-7-12-17-13(22-18-12)9-21-11-5-3-10(15)4-6-11/h3-6H,7-9H2,1-2H3,(H,16,20). The van der Waals surface area contributed by atoms with Gasteiger partial charge in [0.05, 0.1) is 0 Å². The molecule has 1 heterocycles. The number of benzene rings is 1. The molecule has 1 aromatic carbocycles. The third-order valence-electron chi connectivity index (χ3n) is 2.92. The van der Waals surface area contributed by atoms with Crippen LogP contribution in [0, 0.1) is 0 Å². The molecule has 1 N–H and O–H groups in total. The van der Waals surface area contributed by atoms with Crippen LogP contribution < -0.4 is 10.1 Å². The summed E-state index contributed by atoms with van der Waals surface area (Å²) in [5, 5.41) is 7.04.